The van der Waals surface area contributed by atoms with Crippen LogP contribution in [0.15, 0.2) is 54.7 Å². The third-order valence-electron chi connectivity index (χ3n) is 2.84. The van der Waals surface area contributed by atoms with Crippen molar-refractivity contribution in [3.8, 4) is 17.1 Å². The zero-order valence-electron chi connectivity index (χ0n) is 10.00. The van der Waals surface area contributed by atoms with Crippen molar-refractivity contribution in [2.75, 3.05) is 7.11 Å². The molecule has 0 aliphatic heterocycles. The second-order valence-electron chi connectivity index (χ2n) is 3.98. The molecule has 88 valence electrons. The van der Waals surface area contributed by atoms with E-state index in [9.17, 15) is 0 Å². The van der Waals surface area contributed by atoms with Crippen molar-refractivity contribution in [3.63, 3.8) is 0 Å². The molecule has 3 heteroatoms. The van der Waals surface area contributed by atoms with Crippen molar-refractivity contribution in [1.82, 2.24) is 9.97 Å². The smallest absolute Gasteiger partial charge is 0.212 e. The molecule has 3 nitrogen and oxygen atoms in total. The van der Waals surface area contributed by atoms with Crippen LogP contribution in [-0.4, -0.2) is 17.1 Å². The largest absolute Gasteiger partial charge is 0.481 e. The van der Waals surface area contributed by atoms with Gasteiger partial charge in [-0.15, -0.1) is 0 Å². The van der Waals surface area contributed by atoms with Gasteiger partial charge >= 0.3 is 0 Å². The van der Waals surface area contributed by atoms with Gasteiger partial charge in [0.25, 0.3) is 0 Å². The van der Waals surface area contributed by atoms with Gasteiger partial charge in [-0.05, 0) is 18.2 Å². The number of ether oxygens (including phenoxy) is 1. The zero-order chi connectivity index (χ0) is 12.4. The van der Waals surface area contributed by atoms with Gasteiger partial charge in [0.15, 0.2) is 0 Å². The van der Waals surface area contributed by atoms with Gasteiger partial charge in [0.1, 0.15) is 0 Å². The summed E-state index contributed by atoms with van der Waals surface area (Å²) in [5, 5.41) is 1.14. The summed E-state index contributed by atoms with van der Waals surface area (Å²) in [6.45, 7) is 0. The Morgan fingerprint density at radius 2 is 1.83 bits per heavy atom. The first kappa shape index (κ1) is 10.7. The molecule has 3 rings (SSSR count). The molecule has 0 unspecified atom stereocenters. The molecule has 0 atom stereocenters. The van der Waals surface area contributed by atoms with Crippen LogP contribution in [0.2, 0.25) is 0 Å². The van der Waals surface area contributed by atoms with Gasteiger partial charge in [-0.3, -0.25) is 0 Å². The van der Waals surface area contributed by atoms with E-state index in [0.29, 0.717) is 5.88 Å². The molecule has 2 heterocycles. The number of nitrogens with zero attached hydrogens (tertiary/aromatic N) is 2. The minimum atomic E-state index is 0.611. The summed E-state index contributed by atoms with van der Waals surface area (Å²) < 4.78 is 5.04. The third-order valence-corrected chi connectivity index (χ3v) is 2.84. The van der Waals surface area contributed by atoms with Crippen molar-refractivity contribution >= 4 is 10.9 Å². The van der Waals surface area contributed by atoms with Crippen molar-refractivity contribution in [2.45, 2.75) is 0 Å². The topological polar surface area (TPSA) is 35.0 Å². The molecular formula is C15H12N2O. The van der Waals surface area contributed by atoms with Crippen molar-refractivity contribution in [2.24, 2.45) is 0 Å². The zero-order valence-corrected chi connectivity index (χ0v) is 10.00. The summed E-state index contributed by atoms with van der Waals surface area (Å²) in [4.78, 5) is 8.81. The summed E-state index contributed by atoms with van der Waals surface area (Å²) in [6, 6.07) is 15.9. The molecule has 0 aliphatic carbocycles. The Kier molecular flexibility index (Phi) is 2.65. The summed E-state index contributed by atoms with van der Waals surface area (Å²) in [7, 11) is 1.61. The van der Waals surface area contributed by atoms with E-state index in [0.717, 1.165) is 22.2 Å². The van der Waals surface area contributed by atoms with Crippen molar-refractivity contribution in [3.05, 3.63) is 54.7 Å². The number of para-hydroxylation sites is 1. The first-order valence-corrected chi connectivity index (χ1v) is 5.73. The third kappa shape index (κ3) is 1.91. The van der Waals surface area contributed by atoms with Crippen LogP contribution in [0.5, 0.6) is 5.88 Å². The van der Waals surface area contributed by atoms with Gasteiger partial charge in [0.2, 0.25) is 5.88 Å². The number of benzene rings is 1. The second kappa shape index (κ2) is 4.45. The molecule has 0 radical (unpaired) electrons. The maximum atomic E-state index is 5.04. The Morgan fingerprint density at radius 3 is 2.61 bits per heavy atom. The first-order valence-electron chi connectivity index (χ1n) is 5.73. The van der Waals surface area contributed by atoms with Crippen molar-refractivity contribution < 1.29 is 4.74 Å². The molecule has 2 aromatic heterocycles. The summed E-state index contributed by atoms with van der Waals surface area (Å²) >= 11 is 0. The molecule has 18 heavy (non-hydrogen) atoms. The number of aromatic nitrogens is 2. The Labute approximate surface area is 105 Å². The number of methoxy groups -OCH3 is 1. The van der Waals surface area contributed by atoms with Crippen LogP contribution in [0.1, 0.15) is 0 Å². The fourth-order valence-corrected chi connectivity index (χ4v) is 1.88. The molecule has 1 aromatic carbocycles. The predicted molar refractivity (Wildman–Crippen MR) is 71.5 cm³/mol. The van der Waals surface area contributed by atoms with Crippen LogP contribution >= 0.6 is 0 Å². The molecule has 0 bridgehead atoms. The van der Waals surface area contributed by atoms with Crippen LogP contribution in [0.25, 0.3) is 22.2 Å². The second-order valence-corrected chi connectivity index (χ2v) is 3.98. The van der Waals surface area contributed by atoms with Gasteiger partial charge in [-0.1, -0.05) is 24.3 Å². The standard InChI is InChI=1S/C15H12N2O/c1-18-15-9-7-12(10-16-15)14-8-6-11-4-2-3-5-13(11)17-14/h2-10H,1H3. The lowest BCUT2D eigenvalue weighted by Crippen LogP contribution is -1.89. The molecule has 0 amide bonds. The van der Waals surface area contributed by atoms with E-state index in [-0.39, 0.29) is 0 Å². The number of fused-ring (bicyclic) bond motifs is 1. The molecular weight excluding hydrogens is 224 g/mol. The molecule has 0 spiro atoms. The van der Waals surface area contributed by atoms with E-state index in [4.69, 9.17) is 4.74 Å². The quantitative estimate of drug-likeness (QED) is 0.684. The lowest BCUT2D eigenvalue weighted by atomic mass is 10.1. The number of hydrogen-bond donors (Lipinski definition) is 0. The number of rotatable bonds is 2. The van der Waals surface area contributed by atoms with E-state index in [1.807, 2.05) is 36.4 Å². The van der Waals surface area contributed by atoms with Crippen LogP contribution in [0, 0.1) is 0 Å². The van der Waals surface area contributed by atoms with E-state index in [1.165, 1.54) is 0 Å². The highest BCUT2D eigenvalue weighted by Crippen LogP contribution is 2.21. The molecule has 0 aliphatic rings. The Hall–Kier alpha value is -2.42. The highest BCUT2D eigenvalue weighted by atomic mass is 16.5. The van der Waals surface area contributed by atoms with Crippen LogP contribution in [-0.2, 0) is 0 Å². The summed E-state index contributed by atoms with van der Waals surface area (Å²) in [6.07, 6.45) is 1.77. The first-order chi connectivity index (χ1) is 8.86. The fraction of sp³-hybridized carbons (Fsp3) is 0.0667. The van der Waals surface area contributed by atoms with Gasteiger partial charge in [0.05, 0.1) is 18.3 Å². The van der Waals surface area contributed by atoms with E-state index in [1.54, 1.807) is 13.3 Å². The Morgan fingerprint density at radius 1 is 0.944 bits per heavy atom. The summed E-state index contributed by atoms with van der Waals surface area (Å²) in [5.41, 5.74) is 2.90. The summed E-state index contributed by atoms with van der Waals surface area (Å²) in [5.74, 6) is 0.611. The lowest BCUT2D eigenvalue weighted by Gasteiger charge is -2.04. The van der Waals surface area contributed by atoms with E-state index in [2.05, 4.69) is 22.1 Å². The Bertz CT molecular complexity index is 677. The van der Waals surface area contributed by atoms with Crippen LogP contribution in [0.4, 0.5) is 0 Å². The molecule has 0 fully saturated rings. The lowest BCUT2D eigenvalue weighted by molar-refractivity contribution is 0.398. The van der Waals surface area contributed by atoms with Crippen LogP contribution in [0.3, 0.4) is 0 Å². The highest BCUT2D eigenvalue weighted by Gasteiger charge is 2.02. The van der Waals surface area contributed by atoms with E-state index >= 15 is 0 Å². The molecule has 3 aromatic rings. The molecule has 0 N–H and O–H groups in total. The van der Waals surface area contributed by atoms with Gasteiger partial charge in [0, 0.05) is 23.2 Å². The minimum Gasteiger partial charge on any atom is -0.481 e. The van der Waals surface area contributed by atoms with Crippen LogP contribution < -0.4 is 4.74 Å². The van der Waals surface area contributed by atoms with Gasteiger partial charge in [-0.25, -0.2) is 9.97 Å². The highest BCUT2D eigenvalue weighted by molar-refractivity contribution is 5.81. The molecule has 0 saturated heterocycles. The predicted octanol–water partition coefficient (Wildman–Crippen LogP) is 3.31. The van der Waals surface area contributed by atoms with Crippen molar-refractivity contribution in [1.29, 1.82) is 0 Å². The van der Waals surface area contributed by atoms with E-state index < -0.39 is 0 Å². The Balaban J connectivity index is 2.07. The van der Waals surface area contributed by atoms with Gasteiger partial charge in [-0.2, -0.15) is 0 Å². The number of pyridine rings is 2. The normalized spacial score (nSPS) is 10.5. The fourth-order valence-electron chi connectivity index (χ4n) is 1.88. The minimum absolute atomic E-state index is 0.611. The number of hydrogen-bond acceptors (Lipinski definition) is 3. The molecule has 0 saturated carbocycles. The SMILES string of the molecule is COc1ccc(-c2ccc3ccccc3n2)cn1. The maximum Gasteiger partial charge on any atom is 0.212 e. The van der Waals surface area contributed by atoms with Gasteiger partial charge < -0.3 is 4.74 Å². The average molecular weight is 236 g/mol. The average Bonchev–Trinajstić information content (AvgIpc) is 2.47. The maximum absolute atomic E-state index is 5.04. The monoisotopic (exact) mass is 236 g/mol.